The molecule has 0 saturated heterocycles. The van der Waals surface area contributed by atoms with E-state index in [1.54, 1.807) is 22.6 Å². The van der Waals surface area contributed by atoms with Crippen LogP contribution in [0.5, 0.6) is 11.8 Å². The Morgan fingerprint density at radius 2 is 2.00 bits per heavy atom. The minimum atomic E-state index is -4.85. The molecule has 0 radical (unpaired) electrons. The Labute approximate surface area is 120 Å². The number of methoxy groups -OCH3 is 2. The van der Waals surface area contributed by atoms with E-state index in [0.29, 0.717) is 5.56 Å². The molecule has 0 aliphatic heterocycles. The minimum absolute atomic E-state index is 0.106. The van der Waals surface area contributed by atoms with Gasteiger partial charge < -0.3 is 14.2 Å². The van der Waals surface area contributed by atoms with E-state index in [9.17, 15) is 18.0 Å². The van der Waals surface area contributed by atoms with Gasteiger partial charge in [0.1, 0.15) is 0 Å². The number of nitrogens with zero attached hydrogens (tertiary/aromatic N) is 1. The molecule has 0 fully saturated rings. The van der Waals surface area contributed by atoms with Crippen molar-refractivity contribution in [3.05, 3.63) is 15.2 Å². The van der Waals surface area contributed by atoms with E-state index in [0.717, 1.165) is 0 Å². The third-order valence-electron chi connectivity index (χ3n) is 1.95. The third-order valence-corrected chi connectivity index (χ3v) is 2.72. The molecular weight excluding hydrogens is 382 g/mol. The molecule has 0 aliphatic rings. The molecule has 0 saturated carbocycles. The van der Waals surface area contributed by atoms with E-state index in [4.69, 9.17) is 4.74 Å². The second-order valence-corrected chi connectivity index (χ2v) is 4.41. The maximum atomic E-state index is 12.1. The van der Waals surface area contributed by atoms with E-state index >= 15 is 0 Å². The SMILES string of the molecule is COC(=O)Cc1cc(I)c(OC(F)(F)F)nc1OC. The molecule has 0 atom stereocenters. The van der Waals surface area contributed by atoms with Crippen LogP contribution in [0.3, 0.4) is 0 Å². The van der Waals surface area contributed by atoms with Gasteiger partial charge in [-0.1, -0.05) is 0 Å². The fourth-order valence-corrected chi connectivity index (χ4v) is 1.81. The predicted octanol–water partition coefficient (Wildman–Crippen LogP) is 2.31. The number of rotatable bonds is 4. The number of esters is 1. The Hall–Kier alpha value is -1.26. The first-order chi connectivity index (χ1) is 8.76. The van der Waals surface area contributed by atoms with Gasteiger partial charge in [-0.05, 0) is 28.7 Å². The predicted molar refractivity (Wildman–Crippen MR) is 65.9 cm³/mol. The molecule has 1 aromatic heterocycles. The van der Waals surface area contributed by atoms with Crippen molar-refractivity contribution in [2.45, 2.75) is 12.8 Å². The lowest BCUT2D eigenvalue weighted by atomic mass is 10.2. The molecule has 19 heavy (non-hydrogen) atoms. The molecule has 0 spiro atoms. The molecule has 1 aromatic rings. The van der Waals surface area contributed by atoms with E-state index in [1.165, 1.54) is 20.3 Å². The van der Waals surface area contributed by atoms with Crippen LogP contribution in [0.2, 0.25) is 0 Å². The van der Waals surface area contributed by atoms with Crippen molar-refractivity contribution in [1.29, 1.82) is 0 Å². The molecule has 0 N–H and O–H groups in total. The van der Waals surface area contributed by atoms with Gasteiger partial charge in [-0.2, -0.15) is 4.98 Å². The highest BCUT2D eigenvalue weighted by Gasteiger charge is 2.33. The molecule has 0 bridgehead atoms. The number of alkyl halides is 3. The van der Waals surface area contributed by atoms with Crippen LogP contribution in [0.4, 0.5) is 13.2 Å². The molecule has 9 heteroatoms. The zero-order valence-electron chi connectivity index (χ0n) is 9.88. The molecule has 1 rings (SSSR count). The van der Waals surface area contributed by atoms with Gasteiger partial charge in [-0.25, -0.2) is 0 Å². The number of carbonyl (C=O) groups excluding carboxylic acids is 1. The van der Waals surface area contributed by atoms with Gasteiger partial charge in [0.2, 0.25) is 11.8 Å². The summed E-state index contributed by atoms with van der Waals surface area (Å²) in [7, 11) is 2.43. The summed E-state index contributed by atoms with van der Waals surface area (Å²) in [4.78, 5) is 14.7. The van der Waals surface area contributed by atoms with Crippen LogP contribution < -0.4 is 9.47 Å². The van der Waals surface area contributed by atoms with Crippen molar-refractivity contribution in [3.8, 4) is 11.8 Å². The summed E-state index contributed by atoms with van der Waals surface area (Å²) in [6.07, 6.45) is -5.00. The van der Waals surface area contributed by atoms with E-state index < -0.39 is 18.2 Å². The Morgan fingerprint density at radius 1 is 1.37 bits per heavy atom. The fraction of sp³-hybridized carbons (Fsp3) is 0.400. The van der Waals surface area contributed by atoms with Gasteiger partial charge >= 0.3 is 12.3 Å². The van der Waals surface area contributed by atoms with E-state index in [2.05, 4.69) is 14.5 Å². The summed E-state index contributed by atoms with van der Waals surface area (Å²) in [5.74, 6) is -1.30. The van der Waals surface area contributed by atoms with Gasteiger partial charge in [0.05, 0.1) is 24.2 Å². The smallest absolute Gasteiger partial charge is 0.481 e. The fourth-order valence-electron chi connectivity index (χ4n) is 1.21. The molecule has 5 nitrogen and oxygen atoms in total. The summed E-state index contributed by atoms with van der Waals surface area (Å²) < 4.78 is 49.6. The quantitative estimate of drug-likeness (QED) is 0.583. The lowest BCUT2D eigenvalue weighted by molar-refractivity contribution is -0.276. The number of halogens is 4. The second kappa shape index (κ2) is 6.26. The average Bonchev–Trinajstić information content (AvgIpc) is 2.30. The van der Waals surface area contributed by atoms with Gasteiger partial charge in [0.25, 0.3) is 0 Å². The van der Waals surface area contributed by atoms with Crippen LogP contribution in [0.15, 0.2) is 6.07 Å². The average molecular weight is 391 g/mol. The Morgan fingerprint density at radius 3 is 2.47 bits per heavy atom. The summed E-state index contributed by atoms with van der Waals surface area (Å²) in [5.41, 5.74) is 0.313. The third kappa shape index (κ3) is 4.73. The second-order valence-electron chi connectivity index (χ2n) is 3.24. The molecular formula is C10H9F3INO4. The number of hydrogen-bond donors (Lipinski definition) is 0. The highest BCUT2D eigenvalue weighted by Crippen LogP contribution is 2.30. The van der Waals surface area contributed by atoms with Crippen molar-refractivity contribution in [1.82, 2.24) is 4.98 Å². The van der Waals surface area contributed by atoms with Crippen LogP contribution in [0.25, 0.3) is 0 Å². The standard InChI is InChI=1S/C10H9F3INO4/c1-17-7(16)4-5-3-6(14)9(15-8(5)18-2)19-10(11,12)13/h3H,4H2,1-2H3. The molecule has 1 heterocycles. The van der Waals surface area contributed by atoms with Gasteiger partial charge in [0.15, 0.2) is 0 Å². The van der Waals surface area contributed by atoms with E-state index in [-0.39, 0.29) is 15.9 Å². The van der Waals surface area contributed by atoms with Crippen LogP contribution in [-0.4, -0.2) is 31.5 Å². The first kappa shape index (κ1) is 15.8. The number of pyridine rings is 1. The highest BCUT2D eigenvalue weighted by atomic mass is 127. The van der Waals surface area contributed by atoms with Crippen LogP contribution >= 0.6 is 22.6 Å². The van der Waals surface area contributed by atoms with E-state index in [1.807, 2.05) is 0 Å². The lowest BCUT2D eigenvalue weighted by Gasteiger charge is -2.13. The maximum absolute atomic E-state index is 12.1. The van der Waals surface area contributed by atoms with Crippen molar-refractivity contribution >= 4 is 28.6 Å². The van der Waals surface area contributed by atoms with Crippen LogP contribution in [0, 0.1) is 3.57 Å². The Balaban J connectivity index is 3.10. The molecule has 0 aromatic carbocycles. The summed E-state index contributed by atoms with van der Waals surface area (Å²) in [6, 6.07) is 1.32. The summed E-state index contributed by atoms with van der Waals surface area (Å²) in [5, 5.41) is 0. The largest absolute Gasteiger partial charge is 0.574 e. The number of aromatic nitrogens is 1. The van der Waals surface area contributed by atoms with Crippen molar-refractivity contribution in [3.63, 3.8) is 0 Å². The summed E-state index contributed by atoms with van der Waals surface area (Å²) in [6.45, 7) is 0. The number of ether oxygens (including phenoxy) is 3. The van der Waals surface area contributed by atoms with Crippen molar-refractivity contribution < 1.29 is 32.2 Å². The zero-order chi connectivity index (χ0) is 14.6. The minimum Gasteiger partial charge on any atom is -0.481 e. The number of carbonyl (C=O) groups is 1. The van der Waals surface area contributed by atoms with Gasteiger partial charge in [0, 0.05) is 5.56 Å². The van der Waals surface area contributed by atoms with Crippen LogP contribution in [0.1, 0.15) is 5.56 Å². The Kier molecular flexibility index (Phi) is 5.20. The lowest BCUT2D eigenvalue weighted by Crippen LogP contribution is -2.19. The maximum Gasteiger partial charge on any atom is 0.574 e. The Bertz CT molecular complexity index is 479. The molecule has 0 unspecified atom stereocenters. The van der Waals surface area contributed by atoms with Gasteiger partial charge in [-0.15, -0.1) is 13.2 Å². The molecule has 0 amide bonds. The van der Waals surface area contributed by atoms with Crippen molar-refractivity contribution in [2.24, 2.45) is 0 Å². The first-order valence-corrected chi connectivity index (χ1v) is 5.90. The van der Waals surface area contributed by atoms with Crippen molar-refractivity contribution in [2.75, 3.05) is 14.2 Å². The van der Waals surface area contributed by atoms with Crippen LogP contribution in [-0.2, 0) is 16.0 Å². The van der Waals surface area contributed by atoms with Gasteiger partial charge in [-0.3, -0.25) is 4.79 Å². The topological polar surface area (TPSA) is 57.7 Å². The first-order valence-electron chi connectivity index (χ1n) is 4.82. The number of hydrogen-bond acceptors (Lipinski definition) is 5. The molecule has 0 aliphatic carbocycles. The molecule has 106 valence electrons. The monoisotopic (exact) mass is 391 g/mol. The highest BCUT2D eigenvalue weighted by molar-refractivity contribution is 14.1. The zero-order valence-corrected chi connectivity index (χ0v) is 12.0. The summed E-state index contributed by atoms with van der Waals surface area (Å²) >= 11 is 1.62. The normalized spacial score (nSPS) is 11.1.